The molecule has 0 unspecified atom stereocenters. The lowest BCUT2D eigenvalue weighted by atomic mass is 10.00. The molecule has 0 radical (unpaired) electrons. The molecule has 0 aliphatic carbocycles. The molecule has 0 fully saturated rings. The molecule has 140 valence electrons. The van der Waals surface area contributed by atoms with Gasteiger partial charge in [-0.3, -0.25) is 14.3 Å². The maximum Gasteiger partial charge on any atom is 0.328 e. The Balaban J connectivity index is 1.53. The standard InChI is InChI=1S/C20H20FN3O3/c21-15-5-6-18-17(9-15)19(26)24(20(27)22-18)12-16(25)11-23-8-7-13-3-1-2-4-14(13)10-23/h1-6,9,16,25H,7-8,10-12H2,(H,22,27)/t16-/m1/s1. The quantitative estimate of drug-likeness (QED) is 0.726. The third kappa shape index (κ3) is 3.56. The Morgan fingerprint density at radius 3 is 2.70 bits per heavy atom. The van der Waals surface area contributed by atoms with Crippen molar-refractivity contribution in [2.24, 2.45) is 0 Å². The van der Waals surface area contributed by atoms with Crippen molar-refractivity contribution in [2.45, 2.75) is 25.6 Å². The molecule has 0 saturated carbocycles. The fourth-order valence-corrected chi connectivity index (χ4v) is 3.67. The van der Waals surface area contributed by atoms with E-state index >= 15 is 0 Å². The number of aromatic amines is 1. The topological polar surface area (TPSA) is 78.3 Å². The molecule has 0 spiro atoms. The van der Waals surface area contributed by atoms with Gasteiger partial charge in [0, 0.05) is 19.6 Å². The largest absolute Gasteiger partial charge is 0.390 e. The van der Waals surface area contributed by atoms with E-state index in [0.29, 0.717) is 6.54 Å². The molecule has 27 heavy (non-hydrogen) atoms. The summed E-state index contributed by atoms with van der Waals surface area (Å²) in [5.41, 5.74) is 1.61. The molecule has 1 atom stereocenters. The number of hydrogen-bond donors (Lipinski definition) is 2. The zero-order chi connectivity index (χ0) is 19.0. The lowest BCUT2D eigenvalue weighted by Gasteiger charge is -2.30. The van der Waals surface area contributed by atoms with Crippen LogP contribution in [0.2, 0.25) is 0 Å². The van der Waals surface area contributed by atoms with E-state index in [1.165, 1.54) is 23.3 Å². The Kier molecular flexibility index (Phi) is 4.63. The smallest absolute Gasteiger partial charge is 0.328 e. The Bertz CT molecular complexity index is 1110. The number of rotatable bonds is 4. The molecule has 0 amide bonds. The Morgan fingerprint density at radius 2 is 1.89 bits per heavy atom. The highest BCUT2D eigenvalue weighted by Gasteiger charge is 2.20. The number of aliphatic hydroxyl groups is 1. The zero-order valence-corrected chi connectivity index (χ0v) is 14.7. The van der Waals surface area contributed by atoms with Gasteiger partial charge in [0.2, 0.25) is 0 Å². The molecule has 7 heteroatoms. The first-order valence-corrected chi connectivity index (χ1v) is 8.91. The second kappa shape index (κ2) is 7.09. The average Bonchev–Trinajstić information content (AvgIpc) is 2.66. The Labute approximate surface area is 154 Å². The van der Waals surface area contributed by atoms with Crippen LogP contribution in [0.1, 0.15) is 11.1 Å². The zero-order valence-electron chi connectivity index (χ0n) is 14.7. The number of benzene rings is 2. The summed E-state index contributed by atoms with van der Waals surface area (Å²) in [4.78, 5) is 29.4. The molecule has 0 bridgehead atoms. The maximum atomic E-state index is 13.4. The lowest BCUT2D eigenvalue weighted by Crippen LogP contribution is -2.43. The van der Waals surface area contributed by atoms with Crippen molar-refractivity contribution >= 4 is 10.9 Å². The summed E-state index contributed by atoms with van der Waals surface area (Å²) in [6, 6.07) is 11.8. The number of hydrogen-bond acceptors (Lipinski definition) is 4. The van der Waals surface area contributed by atoms with Crippen molar-refractivity contribution in [2.75, 3.05) is 13.1 Å². The Morgan fingerprint density at radius 1 is 1.11 bits per heavy atom. The van der Waals surface area contributed by atoms with Crippen LogP contribution in [0.15, 0.2) is 52.1 Å². The van der Waals surface area contributed by atoms with Gasteiger partial charge in [0.15, 0.2) is 0 Å². The van der Waals surface area contributed by atoms with Crippen LogP contribution >= 0.6 is 0 Å². The van der Waals surface area contributed by atoms with Crippen LogP contribution in [0.4, 0.5) is 4.39 Å². The summed E-state index contributed by atoms with van der Waals surface area (Å²) in [5, 5.41) is 10.5. The van der Waals surface area contributed by atoms with E-state index in [-0.39, 0.29) is 17.4 Å². The summed E-state index contributed by atoms with van der Waals surface area (Å²) in [6.45, 7) is 1.74. The van der Waals surface area contributed by atoms with E-state index in [0.717, 1.165) is 30.1 Å². The normalized spacial score (nSPS) is 15.6. The van der Waals surface area contributed by atoms with Gasteiger partial charge < -0.3 is 10.1 Å². The lowest BCUT2D eigenvalue weighted by molar-refractivity contribution is 0.0900. The molecular weight excluding hydrogens is 349 g/mol. The van der Waals surface area contributed by atoms with Crippen LogP contribution in [0.25, 0.3) is 10.9 Å². The minimum absolute atomic E-state index is 0.0914. The summed E-state index contributed by atoms with van der Waals surface area (Å²) in [7, 11) is 0. The van der Waals surface area contributed by atoms with Gasteiger partial charge >= 0.3 is 5.69 Å². The molecule has 2 N–H and O–H groups in total. The van der Waals surface area contributed by atoms with Crippen molar-refractivity contribution in [3.8, 4) is 0 Å². The summed E-state index contributed by atoms with van der Waals surface area (Å²) in [5.74, 6) is -0.550. The van der Waals surface area contributed by atoms with E-state index in [2.05, 4.69) is 22.0 Å². The van der Waals surface area contributed by atoms with Crippen LogP contribution < -0.4 is 11.2 Å². The summed E-state index contributed by atoms with van der Waals surface area (Å²) in [6.07, 6.45) is 0.0126. The van der Waals surface area contributed by atoms with Gasteiger partial charge in [0.1, 0.15) is 5.82 Å². The van der Waals surface area contributed by atoms with Crippen molar-refractivity contribution in [3.05, 3.63) is 80.2 Å². The third-order valence-electron chi connectivity index (χ3n) is 5.02. The first kappa shape index (κ1) is 17.6. The first-order chi connectivity index (χ1) is 13.0. The highest BCUT2D eigenvalue weighted by molar-refractivity contribution is 5.77. The monoisotopic (exact) mass is 369 g/mol. The van der Waals surface area contributed by atoms with Crippen LogP contribution in [0.5, 0.6) is 0 Å². The van der Waals surface area contributed by atoms with Crippen LogP contribution in [-0.4, -0.2) is 38.8 Å². The van der Waals surface area contributed by atoms with Gasteiger partial charge in [0.05, 0.1) is 23.6 Å². The summed E-state index contributed by atoms with van der Waals surface area (Å²) < 4.78 is 14.4. The molecule has 2 aromatic carbocycles. The number of nitrogens with one attached hydrogen (secondary N) is 1. The van der Waals surface area contributed by atoms with Crippen molar-refractivity contribution in [1.82, 2.24) is 14.5 Å². The molecule has 1 aliphatic heterocycles. The highest BCUT2D eigenvalue weighted by Crippen LogP contribution is 2.18. The van der Waals surface area contributed by atoms with Crippen LogP contribution in [0, 0.1) is 5.82 Å². The van der Waals surface area contributed by atoms with E-state index in [9.17, 15) is 19.1 Å². The van der Waals surface area contributed by atoms with Gasteiger partial charge in [-0.15, -0.1) is 0 Å². The van der Waals surface area contributed by atoms with Crippen LogP contribution in [-0.2, 0) is 19.5 Å². The number of aromatic nitrogens is 2. The number of aliphatic hydroxyl groups excluding tert-OH is 1. The fourth-order valence-electron chi connectivity index (χ4n) is 3.67. The number of H-pyrrole nitrogens is 1. The minimum atomic E-state index is -0.889. The summed E-state index contributed by atoms with van der Waals surface area (Å²) >= 11 is 0. The Hall–Kier alpha value is -2.77. The predicted molar refractivity (Wildman–Crippen MR) is 100 cm³/mol. The van der Waals surface area contributed by atoms with Gasteiger partial charge in [-0.2, -0.15) is 0 Å². The molecule has 1 aromatic heterocycles. The molecule has 2 heterocycles. The van der Waals surface area contributed by atoms with E-state index in [1.807, 2.05) is 12.1 Å². The van der Waals surface area contributed by atoms with Crippen LogP contribution in [0.3, 0.4) is 0 Å². The second-order valence-corrected chi connectivity index (χ2v) is 6.94. The van der Waals surface area contributed by atoms with Gasteiger partial charge in [-0.05, 0) is 35.7 Å². The molecule has 4 rings (SSSR count). The SMILES string of the molecule is O=c1[nH]c2ccc(F)cc2c(=O)n1C[C@H](O)CN1CCc2ccccc2C1. The average molecular weight is 369 g/mol. The maximum absolute atomic E-state index is 13.4. The second-order valence-electron chi connectivity index (χ2n) is 6.94. The molecule has 0 saturated heterocycles. The number of β-amino-alcohol motifs (C(OH)–C–C–N with tert-alkyl or cyclic N) is 1. The number of halogens is 1. The molecule has 3 aromatic rings. The molecular formula is C20H20FN3O3. The fraction of sp³-hybridized carbons (Fsp3) is 0.300. The number of nitrogens with zero attached hydrogens (tertiary/aromatic N) is 2. The van der Waals surface area contributed by atoms with E-state index in [4.69, 9.17) is 0 Å². The van der Waals surface area contributed by atoms with Gasteiger partial charge in [-0.1, -0.05) is 24.3 Å². The first-order valence-electron chi connectivity index (χ1n) is 8.91. The minimum Gasteiger partial charge on any atom is -0.390 e. The van der Waals surface area contributed by atoms with E-state index < -0.39 is 23.2 Å². The van der Waals surface area contributed by atoms with Crippen molar-refractivity contribution in [3.63, 3.8) is 0 Å². The third-order valence-corrected chi connectivity index (χ3v) is 5.02. The van der Waals surface area contributed by atoms with E-state index in [1.54, 1.807) is 0 Å². The van der Waals surface area contributed by atoms with Crippen molar-refractivity contribution < 1.29 is 9.50 Å². The molecule has 6 nitrogen and oxygen atoms in total. The van der Waals surface area contributed by atoms with Gasteiger partial charge in [0.25, 0.3) is 5.56 Å². The van der Waals surface area contributed by atoms with Crippen molar-refractivity contribution in [1.29, 1.82) is 0 Å². The predicted octanol–water partition coefficient (Wildman–Crippen LogP) is 1.25. The van der Waals surface area contributed by atoms with Gasteiger partial charge in [-0.25, -0.2) is 9.18 Å². The number of fused-ring (bicyclic) bond motifs is 2. The highest BCUT2D eigenvalue weighted by atomic mass is 19.1. The molecule has 1 aliphatic rings.